The van der Waals surface area contributed by atoms with E-state index >= 15 is 0 Å². The van der Waals surface area contributed by atoms with Crippen LogP contribution in [0, 0.1) is 0 Å². The lowest BCUT2D eigenvalue weighted by molar-refractivity contribution is -0.135. The molecule has 0 unspecified atom stereocenters. The van der Waals surface area contributed by atoms with Crippen LogP contribution in [0.25, 0.3) is 0 Å². The summed E-state index contributed by atoms with van der Waals surface area (Å²) in [4.78, 5) is 14.6. The molecular formula is C15H25N3O3. The van der Waals surface area contributed by atoms with Gasteiger partial charge < -0.3 is 25.0 Å². The van der Waals surface area contributed by atoms with Gasteiger partial charge in [0.1, 0.15) is 12.3 Å². The normalized spacial score (nSPS) is 10.7. The second-order valence-corrected chi connectivity index (χ2v) is 5.24. The minimum Gasteiger partial charge on any atom is -0.495 e. The number of carboxylic acids is 1. The third-order valence-electron chi connectivity index (χ3n) is 3.09. The van der Waals surface area contributed by atoms with Crippen molar-refractivity contribution in [1.29, 1.82) is 0 Å². The van der Waals surface area contributed by atoms with Gasteiger partial charge in [0.05, 0.1) is 12.8 Å². The van der Waals surface area contributed by atoms with Crippen LogP contribution >= 0.6 is 0 Å². The molecule has 1 aromatic rings. The number of hydrogen-bond acceptors (Lipinski definition) is 5. The van der Waals surface area contributed by atoms with Gasteiger partial charge in [-0.05, 0) is 31.8 Å². The number of nitrogens with one attached hydrogen (secondary N) is 1. The molecule has 1 rings (SSSR count). The predicted molar refractivity (Wildman–Crippen MR) is 84.2 cm³/mol. The molecule has 0 amide bonds. The van der Waals surface area contributed by atoms with Crippen molar-refractivity contribution in [3.8, 4) is 5.75 Å². The molecular weight excluding hydrogens is 270 g/mol. The van der Waals surface area contributed by atoms with Gasteiger partial charge >= 0.3 is 5.97 Å². The largest absolute Gasteiger partial charge is 0.495 e. The van der Waals surface area contributed by atoms with E-state index < -0.39 is 5.97 Å². The molecule has 6 heteroatoms. The van der Waals surface area contributed by atoms with Crippen molar-refractivity contribution in [2.24, 2.45) is 0 Å². The van der Waals surface area contributed by atoms with Crippen molar-refractivity contribution in [3.63, 3.8) is 0 Å². The average molecular weight is 295 g/mol. The number of nitrogens with zero attached hydrogens (tertiary/aromatic N) is 2. The molecule has 0 atom stereocenters. The Labute approximate surface area is 126 Å². The molecule has 0 spiro atoms. The maximum absolute atomic E-state index is 10.8. The highest BCUT2D eigenvalue weighted by molar-refractivity contribution is 5.75. The van der Waals surface area contributed by atoms with E-state index in [1.165, 1.54) is 0 Å². The summed E-state index contributed by atoms with van der Waals surface area (Å²) in [5.74, 6) is -0.181. The Morgan fingerprint density at radius 2 is 2.05 bits per heavy atom. The van der Waals surface area contributed by atoms with E-state index in [4.69, 9.17) is 9.84 Å². The molecule has 0 saturated heterocycles. The van der Waals surface area contributed by atoms with E-state index in [-0.39, 0.29) is 6.54 Å². The zero-order valence-corrected chi connectivity index (χ0v) is 13.2. The van der Waals surface area contributed by atoms with Crippen LogP contribution in [-0.2, 0) is 11.3 Å². The number of rotatable bonds is 9. The van der Waals surface area contributed by atoms with Crippen LogP contribution in [0.1, 0.15) is 5.56 Å². The van der Waals surface area contributed by atoms with Gasteiger partial charge in [0, 0.05) is 26.7 Å². The van der Waals surface area contributed by atoms with Gasteiger partial charge in [0.25, 0.3) is 0 Å². The Kier molecular flexibility index (Phi) is 6.98. The summed E-state index contributed by atoms with van der Waals surface area (Å²) in [6, 6.07) is 5.82. The van der Waals surface area contributed by atoms with Crippen LogP contribution in [-0.4, -0.2) is 63.9 Å². The maximum Gasteiger partial charge on any atom is 0.323 e. The summed E-state index contributed by atoms with van der Waals surface area (Å²) >= 11 is 0. The van der Waals surface area contributed by atoms with Crippen LogP contribution in [0.4, 0.5) is 5.69 Å². The number of methoxy groups -OCH3 is 1. The van der Waals surface area contributed by atoms with Gasteiger partial charge in [0.2, 0.25) is 0 Å². The highest BCUT2D eigenvalue weighted by atomic mass is 16.5. The monoisotopic (exact) mass is 295 g/mol. The number of anilines is 1. The molecule has 0 radical (unpaired) electrons. The van der Waals surface area contributed by atoms with Crippen LogP contribution < -0.4 is 15.0 Å². The molecule has 0 aromatic heterocycles. The van der Waals surface area contributed by atoms with Gasteiger partial charge in [-0.2, -0.15) is 0 Å². The first kappa shape index (κ1) is 17.3. The van der Waals surface area contributed by atoms with E-state index in [9.17, 15) is 4.79 Å². The van der Waals surface area contributed by atoms with Gasteiger partial charge in [-0.1, -0.05) is 6.07 Å². The van der Waals surface area contributed by atoms with Crippen LogP contribution in [0.2, 0.25) is 0 Å². The summed E-state index contributed by atoms with van der Waals surface area (Å²) in [6.45, 7) is 2.59. The number of carboxylic acid groups (broad SMARTS) is 1. The maximum atomic E-state index is 10.8. The topological polar surface area (TPSA) is 65.0 Å². The minimum absolute atomic E-state index is 0.0587. The minimum atomic E-state index is -0.867. The van der Waals surface area contributed by atoms with Crippen molar-refractivity contribution < 1.29 is 14.6 Å². The molecule has 0 fully saturated rings. The van der Waals surface area contributed by atoms with Gasteiger partial charge in [0.15, 0.2) is 0 Å². The lowest BCUT2D eigenvalue weighted by Crippen LogP contribution is -2.26. The average Bonchev–Trinajstić information content (AvgIpc) is 2.42. The molecule has 0 saturated carbocycles. The SMILES string of the molecule is COc1cc(CNCCN(C)C)ccc1N(C)CC(=O)O. The number of hydrogen-bond donors (Lipinski definition) is 2. The van der Waals surface area contributed by atoms with Gasteiger partial charge in [-0.15, -0.1) is 0 Å². The fraction of sp³-hybridized carbons (Fsp3) is 0.533. The standard InChI is InChI=1S/C15H25N3O3/c1-17(2)8-7-16-10-12-5-6-13(14(9-12)21-4)18(3)11-15(19)20/h5-6,9,16H,7-8,10-11H2,1-4H3,(H,19,20). The zero-order chi connectivity index (χ0) is 15.8. The Balaban J connectivity index is 2.67. The molecule has 0 aliphatic rings. The van der Waals surface area contributed by atoms with Gasteiger partial charge in [-0.25, -0.2) is 0 Å². The smallest absolute Gasteiger partial charge is 0.323 e. The summed E-state index contributed by atoms with van der Waals surface area (Å²) in [5, 5.41) is 12.2. The summed E-state index contributed by atoms with van der Waals surface area (Å²) in [6.07, 6.45) is 0. The molecule has 2 N–H and O–H groups in total. The molecule has 0 aliphatic heterocycles. The quantitative estimate of drug-likeness (QED) is 0.659. The first-order valence-corrected chi connectivity index (χ1v) is 6.89. The second-order valence-electron chi connectivity index (χ2n) is 5.24. The first-order chi connectivity index (χ1) is 9.93. The van der Waals surface area contributed by atoms with Crippen molar-refractivity contribution in [2.45, 2.75) is 6.54 Å². The van der Waals surface area contributed by atoms with E-state index in [1.807, 2.05) is 32.3 Å². The molecule has 0 bridgehead atoms. The van der Waals surface area contributed by atoms with Crippen molar-refractivity contribution in [3.05, 3.63) is 23.8 Å². The first-order valence-electron chi connectivity index (χ1n) is 6.89. The Hall–Kier alpha value is -1.79. The molecule has 6 nitrogen and oxygen atoms in total. The summed E-state index contributed by atoms with van der Waals surface area (Å²) in [7, 11) is 7.41. The molecule has 0 aliphatic carbocycles. The summed E-state index contributed by atoms with van der Waals surface area (Å²) in [5.41, 5.74) is 1.88. The number of aliphatic carboxylic acids is 1. The van der Waals surface area contributed by atoms with Crippen molar-refractivity contribution in [1.82, 2.24) is 10.2 Å². The van der Waals surface area contributed by atoms with Crippen LogP contribution in [0.5, 0.6) is 5.75 Å². The molecule has 21 heavy (non-hydrogen) atoms. The zero-order valence-electron chi connectivity index (χ0n) is 13.2. The second kappa shape index (κ2) is 8.49. The Morgan fingerprint density at radius 1 is 1.33 bits per heavy atom. The Morgan fingerprint density at radius 3 is 2.62 bits per heavy atom. The fourth-order valence-corrected chi connectivity index (χ4v) is 1.97. The van der Waals surface area contributed by atoms with E-state index in [1.54, 1.807) is 19.1 Å². The highest BCUT2D eigenvalue weighted by Gasteiger charge is 2.11. The van der Waals surface area contributed by atoms with Gasteiger partial charge in [-0.3, -0.25) is 4.79 Å². The number of likely N-dealkylation sites (N-methyl/N-ethyl adjacent to an activating group) is 2. The predicted octanol–water partition coefficient (Wildman–Crippen LogP) is 0.867. The molecule has 1 aromatic carbocycles. The number of carbonyl (C=O) groups is 1. The summed E-state index contributed by atoms with van der Waals surface area (Å²) < 4.78 is 5.36. The molecule has 118 valence electrons. The van der Waals surface area contributed by atoms with Crippen molar-refractivity contribution in [2.75, 3.05) is 52.8 Å². The highest BCUT2D eigenvalue weighted by Crippen LogP contribution is 2.28. The Bertz CT molecular complexity index is 463. The van der Waals surface area contributed by atoms with Crippen molar-refractivity contribution >= 4 is 11.7 Å². The number of ether oxygens (including phenoxy) is 1. The third kappa shape index (κ3) is 6.01. The van der Waals surface area contributed by atoms with Crippen LogP contribution in [0.3, 0.4) is 0 Å². The number of benzene rings is 1. The molecule has 0 heterocycles. The lowest BCUT2D eigenvalue weighted by Gasteiger charge is -2.20. The lowest BCUT2D eigenvalue weighted by atomic mass is 10.1. The van der Waals surface area contributed by atoms with E-state index in [0.717, 1.165) is 30.9 Å². The van der Waals surface area contributed by atoms with E-state index in [2.05, 4.69) is 10.2 Å². The third-order valence-corrected chi connectivity index (χ3v) is 3.09. The van der Waals surface area contributed by atoms with E-state index in [0.29, 0.717) is 5.75 Å². The fourth-order valence-electron chi connectivity index (χ4n) is 1.97. The van der Waals surface area contributed by atoms with Crippen LogP contribution in [0.15, 0.2) is 18.2 Å².